The Kier molecular flexibility index (Phi) is 8.90. The Morgan fingerprint density at radius 2 is 1.45 bits per heavy atom. The van der Waals surface area contributed by atoms with E-state index < -0.39 is 20.7 Å². The van der Waals surface area contributed by atoms with Crippen molar-refractivity contribution < 1.29 is 4.74 Å². The first kappa shape index (κ1) is 25.8. The highest BCUT2D eigenvalue weighted by atomic mass is 127. The number of benzene rings is 4. The van der Waals surface area contributed by atoms with Gasteiger partial charge in [-0.05, 0) is 48.0 Å². The highest BCUT2D eigenvalue weighted by Gasteiger charge is 2.12. The summed E-state index contributed by atoms with van der Waals surface area (Å²) in [6.45, 7) is 0.468. The molecular weight excluding hydrogens is 655 g/mol. The molecule has 0 fully saturated rings. The van der Waals surface area contributed by atoms with Crippen LogP contribution in [0.3, 0.4) is 0 Å². The first-order valence-electron chi connectivity index (χ1n) is 11.8. The molecule has 0 amide bonds. The average Bonchev–Trinajstić information content (AvgIpc) is 2.94. The van der Waals surface area contributed by atoms with Crippen LogP contribution in [0.2, 0.25) is 0 Å². The lowest BCUT2D eigenvalue weighted by Crippen LogP contribution is -2.25. The third-order valence-electron chi connectivity index (χ3n) is 5.21. The number of guanidine groups is 1. The SMILES string of the molecule is Brc1ccc(OCc2ccccc2)c(C=NNC2=NC(Nc3ccccc3)=IC(Nc3ccccc3)=N2)c1. The summed E-state index contributed by atoms with van der Waals surface area (Å²) >= 11 is 2.89. The molecule has 0 aliphatic carbocycles. The zero-order valence-corrected chi connectivity index (χ0v) is 23.9. The van der Waals surface area contributed by atoms with Crippen LogP contribution in [0, 0.1) is 0 Å². The van der Waals surface area contributed by atoms with Crippen molar-refractivity contribution in [2.75, 3.05) is 10.6 Å². The number of anilines is 2. The van der Waals surface area contributed by atoms with Gasteiger partial charge in [-0.25, -0.2) is 5.43 Å². The van der Waals surface area contributed by atoms with E-state index in [1.807, 2.05) is 109 Å². The fourth-order valence-corrected chi connectivity index (χ4v) is 5.87. The Balaban J connectivity index is 1.33. The average molecular weight is 679 g/mol. The van der Waals surface area contributed by atoms with E-state index in [0.717, 1.165) is 40.3 Å². The van der Waals surface area contributed by atoms with Crippen molar-refractivity contribution >= 4 is 67.8 Å². The van der Waals surface area contributed by atoms with Gasteiger partial charge in [-0.1, -0.05) is 82.7 Å². The zero-order valence-electron chi connectivity index (χ0n) is 20.2. The van der Waals surface area contributed by atoms with E-state index in [1.54, 1.807) is 6.21 Å². The molecule has 0 atom stereocenters. The molecule has 0 aromatic heterocycles. The number of nitrogens with zero attached hydrogens (tertiary/aromatic N) is 3. The Bertz CT molecular complexity index is 1450. The van der Waals surface area contributed by atoms with Crippen molar-refractivity contribution in [2.24, 2.45) is 15.1 Å². The second kappa shape index (κ2) is 13.1. The Labute approximate surface area is 239 Å². The number of nitrogens with one attached hydrogen (secondary N) is 3. The lowest BCUT2D eigenvalue weighted by molar-refractivity contribution is 0.306. The first-order valence-corrected chi connectivity index (χ1v) is 14.7. The van der Waals surface area contributed by atoms with Crippen molar-refractivity contribution in [1.82, 2.24) is 5.43 Å². The van der Waals surface area contributed by atoms with Gasteiger partial charge in [-0.3, -0.25) is 0 Å². The van der Waals surface area contributed by atoms with Crippen LogP contribution < -0.4 is 20.8 Å². The highest BCUT2D eigenvalue weighted by Crippen LogP contribution is 2.23. The van der Waals surface area contributed by atoms with Crippen molar-refractivity contribution in [3.8, 4) is 5.75 Å². The zero-order chi connectivity index (χ0) is 26.0. The molecule has 5 rings (SSSR count). The molecule has 190 valence electrons. The van der Waals surface area contributed by atoms with E-state index in [1.165, 1.54) is 0 Å². The van der Waals surface area contributed by atoms with Crippen molar-refractivity contribution in [3.63, 3.8) is 0 Å². The smallest absolute Gasteiger partial charge is 0.248 e. The molecule has 1 aliphatic rings. The van der Waals surface area contributed by atoms with Crippen molar-refractivity contribution in [2.45, 2.75) is 6.61 Å². The standard InChI is InChI=1S/C29H24BrIN6O/c30-23-16-17-26(38-20-21-10-4-1-5-11-21)22(18-23)19-32-37-29-35-27(33-24-12-6-2-7-13-24)31-28(36-29)34-25-14-8-3-9-15-25/h1-19H,20H2,(H3,33,34,35,36,37). The van der Waals surface area contributed by atoms with Gasteiger partial charge >= 0.3 is 0 Å². The van der Waals surface area contributed by atoms with Gasteiger partial charge in [-0.15, -0.1) is 0 Å². The fraction of sp³-hybridized carbons (Fsp3) is 0.0345. The van der Waals surface area contributed by atoms with Crippen LogP contribution in [0.4, 0.5) is 11.4 Å². The molecule has 3 N–H and O–H groups in total. The number of amidine groups is 1. The van der Waals surface area contributed by atoms with Gasteiger partial charge in [0.1, 0.15) is 12.4 Å². The molecule has 0 saturated heterocycles. The molecule has 9 heteroatoms. The Morgan fingerprint density at radius 3 is 2.16 bits per heavy atom. The minimum Gasteiger partial charge on any atom is -0.488 e. The van der Waals surface area contributed by atoms with E-state index in [9.17, 15) is 0 Å². The predicted molar refractivity (Wildman–Crippen MR) is 170 cm³/mol. The molecule has 4 aromatic carbocycles. The van der Waals surface area contributed by atoms with E-state index in [-0.39, 0.29) is 0 Å². The molecule has 7 nitrogen and oxygen atoms in total. The number of hydrogen-bond acceptors (Lipinski definition) is 7. The van der Waals surface area contributed by atoms with Crippen LogP contribution in [-0.4, -0.2) is 19.8 Å². The fourth-order valence-electron chi connectivity index (χ4n) is 3.42. The normalized spacial score (nSPS) is 13.0. The number of para-hydroxylation sites is 2. The maximum absolute atomic E-state index is 6.07. The second-order valence-corrected chi connectivity index (χ2v) is 11.5. The van der Waals surface area contributed by atoms with Crippen LogP contribution in [-0.2, 0) is 6.61 Å². The number of ether oxygens (including phenoxy) is 1. The lowest BCUT2D eigenvalue weighted by Gasteiger charge is -2.14. The van der Waals surface area contributed by atoms with Crippen LogP contribution >= 0.6 is 36.7 Å². The van der Waals surface area contributed by atoms with Crippen LogP contribution in [0.5, 0.6) is 5.75 Å². The van der Waals surface area contributed by atoms with Gasteiger partial charge in [0.25, 0.3) is 0 Å². The highest BCUT2D eigenvalue weighted by molar-refractivity contribution is 14.2. The van der Waals surface area contributed by atoms with Gasteiger partial charge in [-0.2, -0.15) is 15.1 Å². The van der Waals surface area contributed by atoms with Gasteiger partial charge in [0.15, 0.2) is 7.60 Å². The van der Waals surface area contributed by atoms with Gasteiger partial charge < -0.3 is 15.4 Å². The molecule has 0 spiro atoms. The number of halogens is 2. The maximum atomic E-state index is 6.07. The summed E-state index contributed by atoms with van der Waals surface area (Å²) in [5, 5.41) is 11.3. The summed E-state index contributed by atoms with van der Waals surface area (Å²) in [6.07, 6.45) is 1.71. The van der Waals surface area contributed by atoms with Crippen molar-refractivity contribution in [1.29, 1.82) is 0 Å². The number of aliphatic imine (C=N–C) groups is 2. The maximum Gasteiger partial charge on any atom is 0.248 e. The van der Waals surface area contributed by atoms with E-state index >= 15 is 0 Å². The summed E-state index contributed by atoms with van der Waals surface area (Å²) in [7, 11) is 0. The molecule has 4 aromatic rings. The Hall–Kier alpha value is -3.83. The topological polar surface area (TPSA) is 82.4 Å². The minimum atomic E-state index is -0.655. The first-order chi connectivity index (χ1) is 18.7. The molecule has 1 heterocycles. The summed E-state index contributed by atoms with van der Waals surface area (Å²) in [4.78, 5) is 9.39. The van der Waals surface area contributed by atoms with Gasteiger partial charge in [0, 0.05) is 42.1 Å². The van der Waals surface area contributed by atoms with Crippen LogP contribution in [0.15, 0.2) is 129 Å². The monoisotopic (exact) mass is 678 g/mol. The second-order valence-electron chi connectivity index (χ2n) is 8.03. The number of rotatable bonds is 8. The van der Waals surface area contributed by atoms with Crippen molar-refractivity contribution in [3.05, 3.63) is 125 Å². The summed E-state index contributed by atoms with van der Waals surface area (Å²) in [6, 6.07) is 35.9. The van der Waals surface area contributed by atoms with Crippen LogP contribution in [0.1, 0.15) is 11.1 Å². The van der Waals surface area contributed by atoms with E-state index in [4.69, 9.17) is 14.7 Å². The molecular formula is C29H24BrIN6O. The molecule has 1 aliphatic heterocycles. The summed E-state index contributed by atoms with van der Waals surface area (Å²) in [5.74, 6) is 1.12. The molecule has 0 unspecified atom stereocenters. The van der Waals surface area contributed by atoms with E-state index in [2.05, 4.69) is 37.1 Å². The third-order valence-corrected chi connectivity index (χ3v) is 7.74. The number of hydrogen-bond donors (Lipinski definition) is 3. The van der Waals surface area contributed by atoms with E-state index in [0.29, 0.717) is 12.6 Å². The third kappa shape index (κ3) is 7.59. The molecule has 0 radical (unpaired) electrons. The van der Waals surface area contributed by atoms with Gasteiger partial charge in [0.2, 0.25) is 5.96 Å². The van der Waals surface area contributed by atoms with Gasteiger partial charge in [0.05, 0.1) is 6.21 Å². The lowest BCUT2D eigenvalue weighted by atomic mass is 10.2. The largest absolute Gasteiger partial charge is 0.488 e. The Morgan fingerprint density at radius 1 is 0.789 bits per heavy atom. The minimum absolute atomic E-state index is 0.394. The van der Waals surface area contributed by atoms with Crippen LogP contribution in [0.25, 0.3) is 0 Å². The molecule has 0 bridgehead atoms. The summed E-state index contributed by atoms with van der Waals surface area (Å²) < 4.78 is 8.72. The molecule has 38 heavy (non-hydrogen) atoms. The quantitative estimate of drug-likeness (QED) is 0.0815. The number of hydrazone groups is 1. The predicted octanol–water partition coefficient (Wildman–Crippen LogP) is 6.96. The summed E-state index contributed by atoms with van der Waals surface area (Å²) in [5.41, 5.74) is 6.87. The molecule has 0 saturated carbocycles.